The molecule has 2 rings (SSSR count). The van der Waals surface area contributed by atoms with Crippen LogP contribution in [0.25, 0.3) is 0 Å². The summed E-state index contributed by atoms with van der Waals surface area (Å²) in [7, 11) is 0. The fourth-order valence-corrected chi connectivity index (χ4v) is 2.08. The molecule has 17 heavy (non-hydrogen) atoms. The second-order valence-electron chi connectivity index (χ2n) is 4.38. The van der Waals surface area contributed by atoms with Crippen molar-refractivity contribution in [3.63, 3.8) is 0 Å². The second kappa shape index (κ2) is 4.63. The van der Waals surface area contributed by atoms with E-state index in [1.54, 1.807) is 0 Å². The van der Waals surface area contributed by atoms with Gasteiger partial charge < -0.3 is 10.4 Å². The van der Waals surface area contributed by atoms with Gasteiger partial charge in [-0.2, -0.15) is 0 Å². The average molecular weight is 258 g/mol. The zero-order valence-electron chi connectivity index (χ0n) is 9.17. The highest BCUT2D eigenvalue weighted by Crippen LogP contribution is 2.41. The first-order valence-corrected chi connectivity index (χ1v) is 5.82. The molecule has 2 N–H and O–H groups in total. The van der Waals surface area contributed by atoms with Gasteiger partial charge in [0.1, 0.15) is 5.82 Å². The molecule has 0 aromatic heterocycles. The highest BCUT2D eigenvalue weighted by atomic mass is 35.5. The van der Waals surface area contributed by atoms with Gasteiger partial charge in [0.05, 0.1) is 17.0 Å². The standard InChI is InChI=1S/C12H13ClFNO2/c13-9-6-8(2-3-10(9)14)15-11(17)12(7-16)4-1-5-12/h2-3,6,16H,1,4-5,7H2,(H,15,17). The van der Waals surface area contributed by atoms with Crippen LogP contribution in [0.15, 0.2) is 18.2 Å². The second-order valence-corrected chi connectivity index (χ2v) is 4.78. The van der Waals surface area contributed by atoms with E-state index in [9.17, 15) is 14.3 Å². The third kappa shape index (κ3) is 2.28. The molecule has 1 fully saturated rings. The lowest BCUT2D eigenvalue weighted by Crippen LogP contribution is -2.44. The van der Waals surface area contributed by atoms with Crippen molar-refractivity contribution >= 4 is 23.2 Å². The Morgan fingerprint density at radius 2 is 2.24 bits per heavy atom. The Balaban J connectivity index is 2.10. The molecule has 0 saturated heterocycles. The molecule has 0 unspecified atom stereocenters. The third-order valence-corrected chi connectivity index (χ3v) is 3.56. The first-order valence-electron chi connectivity index (χ1n) is 5.45. The Hall–Kier alpha value is -1.13. The molecule has 0 radical (unpaired) electrons. The number of hydrogen-bond donors (Lipinski definition) is 2. The molecular weight excluding hydrogens is 245 g/mol. The molecule has 0 atom stereocenters. The quantitative estimate of drug-likeness (QED) is 0.874. The van der Waals surface area contributed by atoms with E-state index in [1.807, 2.05) is 0 Å². The predicted molar refractivity (Wildman–Crippen MR) is 63.4 cm³/mol. The number of amides is 1. The van der Waals surface area contributed by atoms with E-state index in [0.29, 0.717) is 18.5 Å². The number of halogens is 2. The van der Waals surface area contributed by atoms with Crippen LogP contribution in [0.2, 0.25) is 5.02 Å². The highest BCUT2D eigenvalue weighted by Gasteiger charge is 2.43. The van der Waals surface area contributed by atoms with Crippen LogP contribution in [-0.4, -0.2) is 17.6 Å². The van der Waals surface area contributed by atoms with Gasteiger partial charge in [-0.25, -0.2) is 4.39 Å². The summed E-state index contributed by atoms with van der Waals surface area (Å²) in [5.74, 6) is -0.751. The van der Waals surface area contributed by atoms with Gasteiger partial charge in [-0.1, -0.05) is 18.0 Å². The van der Waals surface area contributed by atoms with Gasteiger partial charge in [0, 0.05) is 5.69 Å². The first kappa shape index (κ1) is 12.3. The van der Waals surface area contributed by atoms with Crippen LogP contribution >= 0.6 is 11.6 Å². The lowest BCUT2D eigenvalue weighted by atomic mass is 9.68. The lowest BCUT2D eigenvalue weighted by molar-refractivity contribution is -0.133. The van der Waals surface area contributed by atoms with Crippen LogP contribution in [0.5, 0.6) is 0 Å². The molecule has 1 aliphatic carbocycles. The number of aliphatic hydroxyl groups is 1. The van der Waals surface area contributed by atoms with Crippen LogP contribution in [-0.2, 0) is 4.79 Å². The molecule has 1 saturated carbocycles. The molecule has 0 spiro atoms. The number of carbonyl (C=O) groups excluding carboxylic acids is 1. The van der Waals surface area contributed by atoms with Crippen molar-refractivity contribution < 1.29 is 14.3 Å². The smallest absolute Gasteiger partial charge is 0.232 e. The molecule has 0 heterocycles. The van der Waals surface area contributed by atoms with Crippen LogP contribution in [0.4, 0.5) is 10.1 Å². The SMILES string of the molecule is O=C(Nc1ccc(F)c(Cl)c1)C1(CO)CCC1. The maximum atomic E-state index is 12.9. The summed E-state index contributed by atoms with van der Waals surface area (Å²) in [6, 6.07) is 4.01. The molecular formula is C12H13ClFNO2. The van der Waals surface area contributed by atoms with Gasteiger partial charge in [0.2, 0.25) is 5.91 Å². The molecule has 92 valence electrons. The molecule has 0 bridgehead atoms. The van der Waals surface area contributed by atoms with E-state index in [2.05, 4.69) is 5.32 Å². The zero-order valence-corrected chi connectivity index (χ0v) is 9.93. The monoisotopic (exact) mass is 257 g/mol. The van der Waals surface area contributed by atoms with Gasteiger partial charge >= 0.3 is 0 Å². The van der Waals surface area contributed by atoms with Gasteiger partial charge in [-0.05, 0) is 31.0 Å². The number of anilines is 1. The topological polar surface area (TPSA) is 49.3 Å². The van der Waals surface area contributed by atoms with Crippen molar-refractivity contribution in [1.82, 2.24) is 0 Å². The fourth-order valence-electron chi connectivity index (χ4n) is 1.90. The first-order chi connectivity index (χ1) is 8.07. The van der Waals surface area contributed by atoms with Crippen molar-refractivity contribution in [3.05, 3.63) is 29.0 Å². The molecule has 0 aliphatic heterocycles. The summed E-state index contributed by atoms with van der Waals surface area (Å²) in [6.45, 7) is -0.159. The van der Waals surface area contributed by atoms with E-state index >= 15 is 0 Å². The summed E-state index contributed by atoms with van der Waals surface area (Å²) in [6.07, 6.45) is 2.31. The minimum absolute atomic E-state index is 0.0329. The van der Waals surface area contributed by atoms with E-state index in [4.69, 9.17) is 11.6 Å². The average Bonchev–Trinajstić information content (AvgIpc) is 2.23. The number of carbonyl (C=O) groups is 1. The number of nitrogens with one attached hydrogen (secondary N) is 1. The van der Waals surface area contributed by atoms with Crippen molar-refractivity contribution in [2.75, 3.05) is 11.9 Å². The van der Waals surface area contributed by atoms with Crippen LogP contribution in [0.1, 0.15) is 19.3 Å². The summed E-state index contributed by atoms with van der Waals surface area (Å²) in [5, 5.41) is 11.9. The van der Waals surface area contributed by atoms with Crippen molar-refractivity contribution in [2.45, 2.75) is 19.3 Å². The van der Waals surface area contributed by atoms with Crippen LogP contribution < -0.4 is 5.32 Å². The van der Waals surface area contributed by atoms with E-state index in [-0.39, 0.29) is 17.5 Å². The Bertz CT molecular complexity index is 441. The summed E-state index contributed by atoms with van der Waals surface area (Å²) < 4.78 is 12.9. The Morgan fingerprint density at radius 3 is 2.71 bits per heavy atom. The molecule has 5 heteroatoms. The van der Waals surface area contributed by atoms with Gasteiger partial charge in [0.25, 0.3) is 0 Å². The van der Waals surface area contributed by atoms with Crippen molar-refractivity contribution in [1.29, 1.82) is 0 Å². The predicted octanol–water partition coefficient (Wildman–Crippen LogP) is 2.58. The van der Waals surface area contributed by atoms with Crippen molar-refractivity contribution in [3.8, 4) is 0 Å². The van der Waals surface area contributed by atoms with Gasteiger partial charge in [-0.3, -0.25) is 4.79 Å². The third-order valence-electron chi connectivity index (χ3n) is 3.27. The highest BCUT2D eigenvalue weighted by molar-refractivity contribution is 6.31. The van der Waals surface area contributed by atoms with E-state index in [1.165, 1.54) is 18.2 Å². The molecule has 1 amide bonds. The lowest BCUT2D eigenvalue weighted by Gasteiger charge is -2.38. The minimum atomic E-state index is -0.666. The molecule has 1 aromatic carbocycles. The maximum absolute atomic E-state index is 12.9. The van der Waals surface area contributed by atoms with Gasteiger partial charge in [0.15, 0.2) is 0 Å². The largest absolute Gasteiger partial charge is 0.395 e. The normalized spacial score (nSPS) is 17.4. The number of benzene rings is 1. The maximum Gasteiger partial charge on any atom is 0.232 e. The van der Waals surface area contributed by atoms with E-state index < -0.39 is 11.2 Å². The summed E-state index contributed by atoms with van der Waals surface area (Å²) in [5.41, 5.74) is -0.220. The molecule has 3 nitrogen and oxygen atoms in total. The molecule has 1 aliphatic rings. The summed E-state index contributed by atoms with van der Waals surface area (Å²) >= 11 is 5.62. The Morgan fingerprint density at radius 1 is 1.53 bits per heavy atom. The minimum Gasteiger partial charge on any atom is -0.395 e. The molecule has 1 aromatic rings. The van der Waals surface area contributed by atoms with Crippen molar-refractivity contribution in [2.24, 2.45) is 5.41 Å². The Labute approximate surface area is 104 Å². The number of hydrogen-bond acceptors (Lipinski definition) is 2. The van der Waals surface area contributed by atoms with Crippen LogP contribution in [0, 0.1) is 11.2 Å². The Kier molecular flexibility index (Phi) is 3.35. The van der Waals surface area contributed by atoms with E-state index in [0.717, 1.165) is 6.42 Å². The van der Waals surface area contributed by atoms with Crippen LogP contribution in [0.3, 0.4) is 0 Å². The van der Waals surface area contributed by atoms with Gasteiger partial charge in [-0.15, -0.1) is 0 Å². The number of aliphatic hydroxyl groups excluding tert-OH is 1. The fraction of sp³-hybridized carbons (Fsp3) is 0.417. The zero-order chi connectivity index (χ0) is 12.5. The number of rotatable bonds is 3. The summed E-state index contributed by atoms with van der Waals surface area (Å²) in [4.78, 5) is 11.9.